The highest BCUT2D eigenvalue weighted by Gasteiger charge is 2.54. The van der Waals surface area contributed by atoms with Crippen molar-refractivity contribution in [3.8, 4) is 0 Å². The maximum absolute atomic E-state index is 11.4. The predicted octanol–water partition coefficient (Wildman–Crippen LogP) is 3.30. The Bertz CT molecular complexity index is 324. The van der Waals surface area contributed by atoms with Gasteiger partial charge in [0.1, 0.15) is 0 Å². The van der Waals surface area contributed by atoms with Gasteiger partial charge < -0.3 is 0 Å². The smallest absolute Gasteiger partial charge is 0.212 e. The summed E-state index contributed by atoms with van der Waals surface area (Å²) in [4.78, 5) is 0. The molecule has 0 bridgehead atoms. The Balaban J connectivity index is 1.93. The fourth-order valence-electron chi connectivity index (χ4n) is 2.75. The number of rotatable bonds is 3. The van der Waals surface area contributed by atoms with E-state index in [1.165, 1.54) is 25.7 Å². The van der Waals surface area contributed by atoms with Crippen LogP contribution in [0.3, 0.4) is 0 Å². The van der Waals surface area contributed by atoms with Crippen molar-refractivity contribution in [1.29, 1.82) is 0 Å². The molecule has 2 fully saturated rings. The van der Waals surface area contributed by atoms with E-state index in [0.29, 0.717) is 5.92 Å². The summed E-state index contributed by atoms with van der Waals surface area (Å²) in [6.07, 6.45) is 7.26. The third kappa shape index (κ3) is 2.50. The van der Waals surface area contributed by atoms with Gasteiger partial charge in [0, 0.05) is 10.7 Å². The summed E-state index contributed by atoms with van der Waals surface area (Å²) in [6.45, 7) is 2.28. The molecule has 0 heterocycles. The summed E-state index contributed by atoms with van der Waals surface area (Å²) in [7, 11) is 2.18. The molecule has 0 saturated heterocycles. The van der Waals surface area contributed by atoms with E-state index in [9.17, 15) is 8.42 Å². The van der Waals surface area contributed by atoms with E-state index in [1.807, 2.05) is 0 Å². The maximum Gasteiger partial charge on any atom is 0.238 e. The van der Waals surface area contributed by atoms with E-state index >= 15 is 0 Å². The summed E-state index contributed by atoms with van der Waals surface area (Å²) in [5.74, 6) is 1.42. The van der Waals surface area contributed by atoms with Gasteiger partial charge in [-0.05, 0) is 31.1 Å². The van der Waals surface area contributed by atoms with Gasteiger partial charge >= 0.3 is 0 Å². The predicted molar refractivity (Wildman–Crippen MR) is 62.5 cm³/mol. The molecule has 0 amide bonds. The van der Waals surface area contributed by atoms with Crippen molar-refractivity contribution in [1.82, 2.24) is 0 Å². The minimum atomic E-state index is -3.33. The average molecular weight is 251 g/mol. The number of hydrogen-bond acceptors (Lipinski definition) is 2. The average Bonchev–Trinajstić information content (AvgIpc) is 2.89. The van der Waals surface area contributed by atoms with Crippen molar-refractivity contribution < 1.29 is 8.42 Å². The highest BCUT2D eigenvalue weighted by atomic mass is 35.7. The summed E-state index contributed by atoms with van der Waals surface area (Å²) >= 11 is 0. The summed E-state index contributed by atoms with van der Waals surface area (Å²) in [5, 5.41) is 0. The molecular formula is C11H19ClO2S. The topological polar surface area (TPSA) is 34.1 Å². The van der Waals surface area contributed by atoms with Gasteiger partial charge in [0.05, 0.1) is 4.75 Å². The van der Waals surface area contributed by atoms with Crippen molar-refractivity contribution in [3.05, 3.63) is 0 Å². The molecule has 2 nitrogen and oxygen atoms in total. The first-order valence-corrected chi connectivity index (χ1v) is 8.18. The van der Waals surface area contributed by atoms with Gasteiger partial charge in [-0.25, -0.2) is 8.42 Å². The molecule has 0 unspecified atom stereocenters. The molecule has 0 aromatic rings. The lowest BCUT2D eigenvalue weighted by Crippen LogP contribution is -2.24. The Morgan fingerprint density at radius 2 is 1.73 bits per heavy atom. The van der Waals surface area contributed by atoms with Gasteiger partial charge in [0.15, 0.2) is 0 Å². The highest BCUT2D eigenvalue weighted by molar-refractivity contribution is 8.15. The SMILES string of the molecule is CC1CCC(CC2(S(=O)(=O)Cl)CC2)CC1. The molecule has 4 heteroatoms. The highest BCUT2D eigenvalue weighted by Crippen LogP contribution is 2.52. The molecule has 0 atom stereocenters. The maximum atomic E-state index is 11.4. The van der Waals surface area contributed by atoms with Crippen LogP contribution in [0.25, 0.3) is 0 Å². The largest absolute Gasteiger partial charge is 0.238 e. The Morgan fingerprint density at radius 3 is 2.13 bits per heavy atom. The Kier molecular flexibility index (Phi) is 3.06. The first kappa shape index (κ1) is 11.7. The van der Waals surface area contributed by atoms with Crippen molar-refractivity contribution >= 4 is 19.7 Å². The van der Waals surface area contributed by atoms with Gasteiger partial charge in [0.25, 0.3) is 0 Å². The lowest BCUT2D eigenvalue weighted by atomic mass is 9.80. The van der Waals surface area contributed by atoms with Crippen molar-refractivity contribution in [3.63, 3.8) is 0 Å². The van der Waals surface area contributed by atoms with Gasteiger partial charge in [-0.1, -0.05) is 32.6 Å². The van der Waals surface area contributed by atoms with Crippen LogP contribution in [0.4, 0.5) is 0 Å². The molecule has 0 aliphatic heterocycles. The zero-order valence-electron chi connectivity index (χ0n) is 9.21. The first-order chi connectivity index (χ1) is 6.93. The van der Waals surface area contributed by atoms with Crippen LogP contribution in [-0.4, -0.2) is 13.2 Å². The quantitative estimate of drug-likeness (QED) is 0.721. The van der Waals surface area contributed by atoms with Crippen LogP contribution in [0.15, 0.2) is 0 Å². The monoisotopic (exact) mass is 250 g/mol. The fraction of sp³-hybridized carbons (Fsp3) is 1.00. The molecule has 2 aliphatic carbocycles. The van der Waals surface area contributed by atoms with Crippen LogP contribution >= 0.6 is 10.7 Å². The third-order valence-electron chi connectivity index (χ3n) is 4.12. The van der Waals surface area contributed by atoms with Crippen LogP contribution in [-0.2, 0) is 9.05 Å². The molecule has 0 N–H and O–H groups in total. The number of halogens is 1. The van der Waals surface area contributed by atoms with E-state index in [2.05, 4.69) is 6.92 Å². The number of hydrogen-bond donors (Lipinski definition) is 0. The standard InChI is InChI=1S/C11H19ClO2S/c1-9-2-4-10(5-3-9)8-11(6-7-11)15(12,13)14/h9-10H,2-8H2,1H3. The van der Waals surface area contributed by atoms with Crippen LogP contribution in [0, 0.1) is 11.8 Å². The van der Waals surface area contributed by atoms with Gasteiger partial charge in [0.2, 0.25) is 9.05 Å². The van der Waals surface area contributed by atoms with E-state index in [-0.39, 0.29) is 0 Å². The lowest BCUT2D eigenvalue weighted by molar-refractivity contribution is 0.272. The Hall–Kier alpha value is 0.240. The van der Waals surface area contributed by atoms with Crippen LogP contribution in [0.2, 0.25) is 0 Å². The van der Waals surface area contributed by atoms with Gasteiger partial charge in [-0.3, -0.25) is 0 Å². The molecule has 2 aliphatic rings. The normalized spacial score (nSPS) is 35.1. The van der Waals surface area contributed by atoms with E-state index < -0.39 is 13.8 Å². The van der Waals surface area contributed by atoms with Crippen LogP contribution in [0.5, 0.6) is 0 Å². The second kappa shape index (κ2) is 3.92. The van der Waals surface area contributed by atoms with Gasteiger partial charge in [-0.2, -0.15) is 0 Å². The molecule has 0 spiro atoms. The zero-order valence-corrected chi connectivity index (χ0v) is 10.8. The van der Waals surface area contributed by atoms with Crippen molar-refractivity contribution in [2.75, 3.05) is 0 Å². The summed E-state index contributed by atoms with van der Waals surface area (Å²) in [6, 6.07) is 0. The Labute approximate surface area is 96.8 Å². The van der Waals surface area contributed by atoms with Crippen molar-refractivity contribution in [2.24, 2.45) is 11.8 Å². The van der Waals surface area contributed by atoms with E-state index in [4.69, 9.17) is 10.7 Å². The first-order valence-electron chi connectivity index (χ1n) is 5.87. The minimum absolute atomic E-state index is 0.528. The van der Waals surface area contributed by atoms with Crippen LogP contribution in [0.1, 0.15) is 51.9 Å². The molecule has 2 saturated carbocycles. The molecule has 15 heavy (non-hydrogen) atoms. The second-order valence-corrected chi connectivity index (χ2v) is 8.41. The van der Waals surface area contributed by atoms with E-state index in [1.54, 1.807) is 0 Å². The Morgan fingerprint density at radius 1 is 1.20 bits per heavy atom. The molecule has 0 aromatic carbocycles. The summed E-state index contributed by atoms with van der Waals surface area (Å²) in [5.41, 5.74) is 0. The second-order valence-electron chi connectivity index (χ2n) is 5.45. The molecule has 2 rings (SSSR count). The minimum Gasteiger partial charge on any atom is -0.212 e. The molecule has 88 valence electrons. The van der Waals surface area contributed by atoms with E-state index in [0.717, 1.165) is 25.2 Å². The molecular weight excluding hydrogens is 232 g/mol. The molecule has 0 radical (unpaired) electrons. The fourth-order valence-corrected chi connectivity index (χ4v) is 4.42. The van der Waals surface area contributed by atoms with Gasteiger partial charge in [-0.15, -0.1) is 0 Å². The zero-order chi connectivity index (χ0) is 11.1. The summed E-state index contributed by atoms with van der Waals surface area (Å²) < 4.78 is 22.3. The lowest BCUT2D eigenvalue weighted by Gasteiger charge is -2.28. The molecule has 0 aromatic heterocycles. The van der Waals surface area contributed by atoms with Crippen LogP contribution < -0.4 is 0 Å². The van der Waals surface area contributed by atoms with Crippen molar-refractivity contribution in [2.45, 2.75) is 56.6 Å². The third-order valence-corrected chi connectivity index (χ3v) is 6.71.